The first-order valence-corrected chi connectivity index (χ1v) is 14.9. The van der Waals surface area contributed by atoms with Crippen molar-refractivity contribution >= 4 is 66.5 Å². The number of nitrogens with zero attached hydrogens (tertiary/aromatic N) is 4. The lowest BCUT2D eigenvalue weighted by Crippen LogP contribution is -2.33. The lowest BCUT2D eigenvalue weighted by Gasteiger charge is -2.35. The number of halogens is 1. The van der Waals surface area contributed by atoms with Gasteiger partial charge in [-0.05, 0) is 57.4 Å². The number of benzene rings is 2. The van der Waals surface area contributed by atoms with Gasteiger partial charge in [0.05, 0.1) is 31.1 Å². The molecule has 1 atom stereocenters. The van der Waals surface area contributed by atoms with Gasteiger partial charge in [0.1, 0.15) is 7.05 Å². The highest BCUT2D eigenvalue weighted by Gasteiger charge is 2.27. The number of fused-ring (bicyclic) bond motifs is 2. The maximum Gasteiger partial charge on any atom is 0.259 e. The van der Waals surface area contributed by atoms with Crippen LogP contribution in [0.25, 0.3) is 34.0 Å². The Morgan fingerprint density at radius 1 is 0.925 bits per heavy atom. The molecule has 40 heavy (non-hydrogen) atoms. The lowest BCUT2D eigenvalue weighted by molar-refractivity contribution is -0.644. The molecule has 0 aliphatic heterocycles. The van der Waals surface area contributed by atoms with Crippen LogP contribution in [0, 0.1) is 11.3 Å². The van der Waals surface area contributed by atoms with E-state index in [0.29, 0.717) is 31.7 Å². The van der Waals surface area contributed by atoms with Crippen LogP contribution in [0.2, 0.25) is 0 Å². The number of para-hydroxylation sites is 2. The van der Waals surface area contributed by atoms with Crippen molar-refractivity contribution in [2.24, 2.45) is 7.05 Å². The van der Waals surface area contributed by atoms with Crippen LogP contribution in [0.3, 0.4) is 0 Å². The molecule has 2 heterocycles. The van der Waals surface area contributed by atoms with Gasteiger partial charge < -0.3 is 13.6 Å². The second kappa shape index (κ2) is 15.6. The van der Waals surface area contributed by atoms with Gasteiger partial charge in [-0.25, -0.2) is 9.24 Å². The third kappa shape index (κ3) is 7.90. The van der Waals surface area contributed by atoms with Crippen LogP contribution in [-0.4, -0.2) is 34.5 Å². The van der Waals surface area contributed by atoms with Gasteiger partial charge in [0.15, 0.2) is 6.20 Å². The molecule has 0 radical (unpaired) electrons. The molecular formula is C32H41IN4O2P+. The van der Waals surface area contributed by atoms with Crippen LogP contribution in [0.5, 0.6) is 0 Å². The Morgan fingerprint density at radius 3 is 2.30 bits per heavy atom. The smallest absolute Gasteiger partial charge is 0.259 e. The third-order valence-corrected chi connectivity index (χ3v) is 8.85. The van der Waals surface area contributed by atoms with Crippen LogP contribution in [0.1, 0.15) is 51.7 Å². The van der Waals surface area contributed by atoms with Crippen molar-refractivity contribution in [3.63, 3.8) is 0 Å². The Bertz CT molecular complexity index is 1450. The van der Waals surface area contributed by atoms with E-state index in [-0.39, 0.29) is 24.0 Å². The molecule has 0 saturated carbocycles. The molecule has 6 nitrogen and oxygen atoms in total. The summed E-state index contributed by atoms with van der Waals surface area (Å²) in [5.74, 6) is 0. The summed E-state index contributed by atoms with van der Waals surface area (Å²) in [5.41, 5.74) is 4.85. The van der Waals surface area contributed by atoms with Gasteiger partial charge in [-0.2, -0.15) is 5.26 Å². The predicted octanol–water partition coefficient (Wildman–Crippen LogP) is 8.09. The van der Waals surface area contributed by atoms with Crippen LogP contribution in [-0.2, 0) is 22.6 Å². The maximum absolute atomic E-state index is 8.94. The van der Waals surface area contributed by atoms with Gasteiger partial charge in [0.2, 0.25) is 5.52 Å². The number of hydrogen-bond donors (Lipinski definition) is 0. The average Bonchev–Trinajstić information content (AvgIpc) is 3.28. The highest BCUT2D eigenvalue weighted by atomic mass is 127. The monoisotopic (exact) mass is 671 g/mol. The molecule has 0 aliphatic carbocycles. The highest BCUT2D eigenvalue weighted by molar-refractivity contribution is 14.0. The standard InChI is InChI=1S/C32H40N4O2P.HI/c1-25(2)36(26(3)4)39(37-22-10-19-33)38-23-11-20-35-24-28(30-13-7-9-15-32(30)35)17-16-27-18-21-34(5)31-14-8-6-12-29(27)31;/h6-9,12-18,21,24-26H,10-11,20,22-23H2,1-5H3;1H/q+1;. The van der Waals surface area contributed by atoms with Gasteiger partial charge in [0, 0.05) is 47.9 Å². The zero-order chi connectivity index (χ0) is 27.8. The van der Waals surface area contributed by atoms with E-state index in [1.165, 1.54) is 32.9 Å². The van der Waals surface area contributed by atoms with Crippen molar-refractivity contribution in [3.05, 3.63) is 78.1 Å². The molecule has 8 heteroatoms. The van der Waals surface area contributed by atoms with Crippen molar-refractivity contribution < 1.29 is 13.6 Å². The minimum Gasteiger partial charge on any atom is -0.347 e. The van der Waals surface area contributed by atoms with E-state index in [9.17, 15) is 0 Å². The summed E-state index contributed by atoms with van der Waals surface area (Å²) in [6.45, 7) is 10.5. The molecule has 212 valence electrons. The molecule has 2 aromatic heterocycles. The summed E-state index contributed by atoms with van der Waals surface area (Å²) in [5, 5.41) is 11.4. The Kier molecular flexibility index (Phi) is 12.6. The summed E-state index contributed by atoms with van der Waals surface area (Å²) in [7, 11) is 0.868. The normalized spacial score (nSPS) is 12.6. The Balaban J connectivity index is 0.00000441. The summed E-state index contributed by atoms with van der Waals surface area (Å²) in [6, 6.07) is 22.0. The third-order valence-electron chi connectivity index (χ3n) is 6.74. The molecule has 0 fully saturated rings. The Labute approximate surface area is 257 Å². The van der Waals surface area contributed by atoms with Crippen molar-refractivity contribution in [2.45, 2.75) is 59.2 Å². The van der Waals surface area contributed by atoms with Crippen LogP contribution in [0.15, 0.2) is 67.0 Å². The lowest BCUT2D eigenvalue weighted by atomic mass is 10.1. The van der Waals surface area contributed by atoms with E-state index in [2.05, 4.69) is 134 Å². The SMILES string of the molecule is CC(C)N(C(C)C)P(OCCC#N)OCCCn1cc(/C=C/c2cc[n+](C)c3ccccc23)c2ccccc21.I. The highest BCUT2D eigenvalue weighted by Crippen LogP contribution is 2.46. The fourth-order valence-corrected chi connectivity index (χ4v) is 6.62. The first kappa shape index (κ1) is 32.2. The van der Waals surface area contributed by atoms with Gasteiger partial charge in [-0.1, -0.05) is 42.5 Å². The molecule has 0 amide bonds. The molecule has 0 N–H and O–H groups in total. The zero-order valence-corrected chi connectivity index (χ0v) is 27.4. The van der Waals surface area contributed by atoms with Gasteiger partial charge in [0.25, 0.3) is 8.53 Å². The molecule has 0 spiro atoms. The van der Waals surface area contributed by atoms with E-state index >= 15 is 0 Å². The summed E-state index contributed by atoms with van der Waals surface area (Å²) < 4.78 is 19.1. The fraction of sp³-hybridized carbons (Fsp3) is 0.375. The Morgan fingerprint density at radius 2 is 1.57 bits per heavy atom. The van der Waals surface area contributed by atoms with Crippen molar-refractivity contribution in [2.75, 3.05) is 13.2 Å². The van der Waals surface area contributed by atoms with Crippen LogP contribution >= 0.6 is 32.5 Å². The second-order valence-corrected chi connectivity index (χ2v) is 11.7. The average molecular weight is 672 g/mol. The molecule has 1 unspecified atom stereocenters. The number of hydrogen-bond acceptors (Lipinski definition) is 4. The van der Waals surface area contributed by atoms with Crippen molar-refractivity contribution in [3.8, 4) is 6.07 Å². The summed E-state index contributed by atoms with van der Waals surface area (Å²) in [4.78, 5) is 0. The fourth-order valence-electron chi connectivity index (χ4n) is 5.00. The molecule has 0 bridgehead atoms. The minimum absolute atomic E-state index is 0. The van der Waals surface area contributed by atoms with E-state index in [0.717, 1.165) is 13.0 Å². The minimum atomic E-state index is -1.21. The first-order chi connectivity index (χ1) is 18.9. The molecule has 4 aromatic rings. The van der Waals surface area contributed by atoms with E-state index in [4.69, 9.17) is 14.3 Å². The quantitative estimate of drug-likeness (QED) is 0.0625. The van der Waals surface area contributed by atoms with Gasteiger partial charge in [-0.15, -0.1) is 24.0 Å². The van der Waals surface area contributed by atoms with E-state index in [1.807, 2.05) is 0 Å². The first-order valence-electron chi connectivity index (χ1n) is 13.7. The van der Waals surface area contributed by atoms with E-state index in [1.54, 1.807) is 0 Å². The topological polar surface area (TPSA) is 54.3 Å². The van der Waals surface area contributed by atoms with Crippen molar-refractivity contribution in [1.82, 2.24) is 9.24 Å². The van der Waals surface area contributed by atoms with Gasteiger partial charge in [-0.3, -0.25) is 0 Å². The number of aromatic nitrogens is 2. The summed E-state index contributed by atoms with van der Waals surface area (Å²) in [6.07, 6.45) is 10.0. The maximum atomic E-state index is 8.94. The number of nitriles is 1. The van der Waals surface area contributed by atoms with Crippen LogP contribution in [0.4, 0.5) is 0 Å². The molecular weight excluding hydrogens is 630 g/mol. The van der Waals surface area contributed by atoms with Crippen LogP contribution < -0.4 is 4.57 Å². The van der Waals surface area contributed by atoms with Crippen molar-refractivity contribution in [1.29, 1.82) is 5.26 Å². The molecule has 0 saturated heterocycles. The second-order valence-electron chi connectivity index (χ2n) is 10.3. The molecule has 2 aromatic carbocycles. The number of rotatable bonds is 13. The zero-order valence-electron chi connectivity index (χ0n) is 24.2. The number of aryl methyl sites for hydroxylation is 2. The predicted molar refractivity (Wildman–Crippen MR) is 177 cm³/mol. The summed E-state index contributed by atoms with van der Waals surface area (Å²) >= 11 is 0. The Hall–Kier alpha value is -2.34. The van der Waals surface area contributed by atoms with Gasteiger partial charge >= 0.3 is 0 Å². The molecule has 0 aliphatic rings. The largest absolute Gasteiger partial charge is 0.347 e. The molecule has 4 rings (SSSR count). The van der Waals surface area contributed by atoms with E-state index < -0.39 is 8.53 Å². The number of pyridine rings is 1.